The average Bonchev–Trinajstić information content (AvgIpc) is 3.07. The zero-order chi connectivity index (χ0) is 20.2. The van der Waals surface area contributed by atoms with Crippen LogP contribution in [0, 0.1) is 17.8 Å². The molecule has 1 aromatic rings. The van der Waals surface area contributed by atoms with Crippen molar-refractivity contribution in [3.63, 3.8) is 0 Å². The summed E-state index contributed by atoms with van der Waals surface area (Å²) in [6.07, 6.45) is -4.80. The van der Waals surface area contributed by atoms with Crippen molar-refractivity contribution >= 4 is 17.7 Å². The van der Waals surface area contributed by atoms with Gasteiger partial charge < -0.3 is 19.6 Å². The first-order chi connectivity index (χ1) is 13.2. The van der Waals surface area contributed by atoms with Gasteiger partial charge in [0, 0.05) is 32.1 Å². The zero-order valence-corrected chi connectivity index (χ0v) is 15.7. The lowest BCUT2D eigenvalue weighted by atomic mass is 10.0. The van der Waals surface area contributed by atoms with Crippen molar-refractivity contribution in [3.05, 3.63) is 11.8 Å². The van der Waals surface area contributed by atoms with Crippen LogP contribution in [0.1, 0.15) is 26.0 Å². The zero-order valence-electron chi connectivity index (χ0n) is 15.7. The third kappa shape index (κ3) is 3.38. The number of fused-ring (bicyclic) bond motifs is 1. The van der Waals surface area contributed by atoms with E-state index in [4.69, 9.17) is 4.74 Å². The van der Waals surface area contributed by atoms with Gasteiger partial charge in [0.15, 0.2) is 5.69 Å². The van der Waals surface area contributed by atoms with Crippen LogP contribution in [-0.4, -0.2) is 59.4 Å². The van der Waals surface area contributed by atoms with Crippen molar-refractivity contribution in [2.75, 3.05) is 36.0 Å². The molecule has 4 rings (SSSR count). The minimum Gasteiger partial charge on any atom is -0.466 e. The molecule has 1 N–H and O–H groups in total. The average molecular weight is 400 g/mol. The van der Waals surface area contributed by atoms with E-state index in [0.29, 0.717) is 26.1 Å². The molecule has 0 spiro atoms. The van der Waals surface area contributed by atoms with E-state index in [0.717, 1.165) is 6.07 Å². The van der Waals surface area contributed by atoms with Gasteiger partial charge in [-0.3, -0.25) is 4.79 Å². The minimum atomic E-state index is -4.58. The standard InChI is InChI=1S/C18H23F3N4O3/c1-3-28-16(27)4-10-11-6-24(7-12(10)11)15-5-14(18(19,20)21)22-17(23-15)25-8-13(26)9(25)2/h5,9-13,26H,3-4,6-8H2,1-2H3/t9-,10?,11-,12+,13+/m0/s1. The van der Waals surface area contributed by atoms with Crippen molar-refractivity contribution in [1.82, 2.24) is 9.97 Å². The lowest BCUT2D eigenvalue weighted by molar-refractivity contribution is -0.144. The number of hydrogen-bond acceptors (Lipinski definition) is 7. The van der Waals surface area contributed by atoms with Crippen LogP contribution in [-0.2, 0) is 15.7 Å². The van der Waals surface area contributed by atoms with Crippen molar-refractivity contribution < 1.29 is 27.8 Å². The molecule has 154 valence electrons. The van der Waals surface area contributed by atoms with Crippen LogP contribution in [0.3, 0.4) is 0 Å². The van der Waals surface area contributed by atoms with Gasteiger partial charge in [-0.1, -0.05) is 0 Å². The summed E-state index contributed by atoms with van der Waals surface area (Å²) in [5.41, 5.74) is -0.982. The van der Waals surface area contributed by atoms with E-state index in [2.05, 4.69) is 9.97 Å². The Morgan fingerprint density at radius 3 is 2.50 bits per heavy atom. The van der Waals surface area contributed by atoms with Crippen LogP contribution in [0.5, 0.6) is 0 Å². The number of anilines is 2. The number of aromatic nitrogens is 2. The predicted molar refractivity (Wildman–Crippen MR) is 93.8 cm³/mol. The quantitative estimate of drug-likeness (QED) is 0.754. The normalized spacial score (nSPS) is 31.4. The molecule has 3 heterocycles. The third-order valence-electron chi connectivity index (χ3n) is 6.08. The van der Waals surface area contributed by atoms with E-state index in [1.165, 1.54) is 0 Å². The molecule has 2 saturated heterocycles. The van der Waals surface area contributed by atoms with Gasteiger partial charge in [0.25, 0.3) is 0 Å². The van der Waals surface area contributed by atoms with E-state index in [9.17, 15) is 23.1 Å². The number of carbonyl (C=O) groups excluding carboxylic acids is 1. The van der Waals surface area contributed by atoms with E-state index in [1.54, 1.807) is 18.7 Å². The van der Waals surface area contributed by atoms with E-state index in [-0.39, 0.29) is 48.1 Å². The summed E-state index contributed by atoms with van der Waals surface area (Å²) in [6.45, 7) is 5.19. The SMILES string of the molecule is CCOC(=O)CC1[C@H]2CN(c3cc(C(F)(F)F)nc(N4C[C@@H](O)[C@@H]4C)n3)C[C@@H]12. The fraction of sp³-hybridized carbons (Fsp3) is 0.722. The lowest BCUT2D eigenvalue weighted by Gasteiger charge is -2.43. The summed E-state index contributed by atoms with van der Waals surface area (Å²) in [6, 6.07) is 0.660. The number of β-amino-alcohol motifs (C(OH)–C–C–N with tert-alkyl or cyclic N) is 1. The smallest absolute Gasteiger partial charge is 0.433 e. The first kappa shape index (κ1) is 19.2. The molecule has 0 aromatic carbocycles. The van der Waals surface area contributed by atoms with Crippen molar-refractivity contribution in [1.29, 1.82) is 0 Å². The highest BCUT2D eigenvalue weighted by Gasteiger charge is 2.56. The van der Waals surface area contributed by atoms with Crippen molar-refractivity contribution in [2.45, 2.75) is 38.6 Å². The second-order valence-electron chi connectivity index (χ2n) is 7.78. The van der Waals surface area contributed by atoms with Crippen LogP contribution < -0.4 is 9.80 Å². The largest absolute Gasteiger partial charge is 0.466 e. The molecule has 10 heteroatoms. The summed E-state index contributed by atoms with van der Waals surface area (Å²) < 4.78 is 45.0. The second kappa shape index (κ2) is 6.75. The van der Waals surface area contributed by atoms with Crippen LogP contribution in [0.2, 0.25) is 0 Å². The Kier molecular flexibility index (Phi) is 4.64. The van der Waals surface area contributed by atoms with Crippen molar-refractivity contribution in [2.24, 2.45) is 17.8 Å². The third-order valence-corrected chi connectivity index (χ3v) is 6.08. The Morgan fingerprint density at radius 2 is 1.96 bits per heavy atom. The fourth-order valence-electron chi connectivity index (χ4n) is 4.26. The molecule has 3 fully saturated rings. The highest BCUT2D eigenvalue weighted by atomic mass is 19.4. The number of ether oxygens (including phenoxy) is 1. The maximum absolute atomic E-state index is 13.3. The number of alkyl halides is 3. The molecule has 3 aliphatic rings. The maximum atomic E-state index is 13.3. The van der Waals surface area contributed by atoms with Gasteiger partial charge >= 0.3 is 12.1 Å². The number of rotatable bonds is 5. The maximum Gasteiger partial charge on any atom is 0.433 e. The first-order valence-electron chi connectivity index (χ1n) is 9.50. The van der Waals surface area contributed by atoms with Crippen LogP contribution >= 0.6 is 0 Å². The Labute approximate surface area is 160 Å². The molecule has 1 saturated carbocycles. The van der Waals surface area contributed by atoms with Crippen molar-refractivity contribution in [3.8, 4) is 0 Å². The van der Waals surface area contributed by atoms with E-state index < -0.39 is 18.0 Å². The summed E-state index contributed by atoms with van der Waals surface area (Å²) in [5.74, 6) is 0.815. The Morgan fingerprint density at radius 1 is 1.29 bits per heavy atom. The fourth-order valence-corrected chi connectivity index (χ4v) is 4.26. The van der Waals surface area contributed by atoms with Crippen LogP contribution in [0.15, 0.2) is 6.07 Å². The molecule has 0 amide bonds. The minimum absolute atomic E-state index is 0.00808. The first-order valence-corrected chi connectivity index (χ1v) is 9.50. The lowest BCUT2D eigenvalue weighted by Crippen LogP contribution is -2.59. The molecule has 1 unspecified atom stereocenters. The van der Waals surface area contributed by atoms with Gasteiger partial charge in [0.1, 0.15) is 5.82 Å². The Balaban J connectivity index is 1.49. The van der Waals surface area contributed by atoms with E-state index in [1.807, 2.05) is 4.90 Å². The van der Waals surface area contributed by atoms with Gasteiger partial charge in [0.05, 0.1) is 18.8 Å². The number of aliphatic hydroxyl groups excluding tert-OH is 1. The number of aliphatic hydroxyl groups is 1. The molecule has 1 aromatic heterocycles. The molecule has 0 radical (unpaired) electrons. The number of esters is 1. The molecule has 1 aliphatic carbocycles. The summed E-state index contributed by atoms with van der Waals surface area (Å²) >= 11 is 0. The molecule has 28 heavy (non-hydrogen) atoms. The van der Waals surface area contributed by atoms with Crippen LogP contribution in [0.4, 0.5) is 24.9 Å². The van der Waals surface area contributed by atoms with Gasteiger partial charge in [-0.05, 0) is 31.6 Å². The van der Waals surface area contributed by atoms with E-state index >= 15 is 0 Å². The number of carbonyl (C=O) groups is 1. The molecule has 5 atom stereocenters. The monoisotopic (exact) mass is 400 g/mol. The van der Waals surface area contributed by atoms with Gasteiger partial charge in [-0.2, -0.15) is 18.2 Å². The predicted octanol–water partition coefficient (Wildman–Crippen LogP) is 1.70. The van der Waals surface area contributed by atoms with Gasteiger partial charge in [-0.25, -0.2) is 4.98 Å². The Bertz CT molecular complexity index is 763. The molecular weight excluding hydrogens is 377 g/mol. The number of halogens is 3. The highest BCUT2D eigenvalue weighted by Crippen LogP contribution is 2.54. The van der Waals surface area contributed by atoms with Gasteiger partial charge in [0.2, 0.25) is 5.95 Å². The van der Waals surface area contributed by atoms with Crippen LogP contribution in [0.25, 0.3) is 0 Å². The number of nitrogens with zero attached hydrogens (tertiary/aromatic N) is 4. The molecular formula is C18H23F3N4O3. The topological polar surface area (TPSA) is 78.8 Å². The molecule has 0 bridgehead atoms. The second-order valence-corrected chi connectivity index (χ2v) is 7.78. The summed E-state index contributed by atoms with van der Waals surface area (Å²) in [5, 5.41) is 9.67. The number of hydrogen-bond donors (Lipinski definition) is 1. The summed E-state index contributed by atoms with van der Waals surface area (Å²) in [4.78, 5) is 23.1. The van der Waals surface area contributed by atoms with Gasteiger partial charge in [-0.15, -0.1) is 0 Å². The number of piperidine rings is 1. The summed E-state index contributed by atoms with van der Waals surface area (Å²) in [7, 11) is 0. The molecule has 2 aliphatic heterocycles. The Hall–Kier alpha value is -2.10. The molecule has 7 nitrogen and oxygen atoms in total. The highest BCUT2D eigenvalue weighted by molar-refractivity contribution is 5.70.